The molecule has 0 bridgehead atoms. The molecule has 3 heteroatoms. The number of nitrogens with zero attached hydrogens (tertiary/aromatic N) is 2. The highest BCUT2D eigenvalue weighted by molar-refractivity contribution is 5.32. The van der Waals surface area contributed by atoms with Crippen molar-refractivity contribution >= 4 is 0 Å². The SMILES string of the molecule is Cc1ccc(OC[C@@H](c2ccccc2)N2Cc3ccccc3C2)cn1. The maximum absolute atomic E-state index is 6.08. The largest absolute Gasteiger partial charge is 0.490 e. The summed E-state index contributed by atoms with van der Waals surface area (Å²) in [5.41, 5.74) is 5.12. The van der Waals surface area contributed by atoms with Crippen molar-refractivity contribution in [2.24, 2.45) is 0 Å². The van der Waals surface area contributed by atoms with Gasteiger partial charge in [-0.1, -0.05) is 54.6 Å². The van der Waals surface area contributed by atoms with Gasteiger partial charge in [-0.05, 0) is 35.7 Å². The summed E-state index contributed by atoms with van der Waals surface area (Å²) in [6.07, 6.45) is 1.80. The van der Waals surface area contributed by atoms with E-state index in [1.165, 1.54) is 16.7 Å². The monoisotopic (exact) mass is 330 g/mol. The lowest BCUT2D eigenvalue weighted by Gasteiger charge is -2.28. The summed E-state index contributed by atoms with van der Waals surface area (Å²) in [4.78, 5) is 6.81. The zero-order valence-electron chi connectivity index (χ0n) is 14.4. The fourth-order valence-corrected chi connectivity index (χ4v) is 3.38. The van der Waals surface area contributed by atoms with Crippen LogP contribution in [0.25, 0.3) is 0 Å². The summed E-state index contributed by atoms with van der Waals surface area (Å²) >= 11 is 0. The molecule has 4 rings (SSSR count). The molecule has 0 unspecified atom stereocenters. The number of aryl methyl sites for hydroxylation is 1. The van der Waals surface area contributed by atoms with Crippen LogP contribution >= 0.6 is 0 Å². The zero-order valence-corrected chi connectivity index (χ0v) is 14.4. The maximum atomic E-state index is 6.08. The van der Waals surface area contributed by atoms with Crippen LogP contribution in [0.5, 0.6) is 5.75 Å². The normalized spacial score (nSPS) is 14.9. The van der Waals surface area contributed by atoms with Gasteiger partial charge in [0.05, 0.1) is 12.2 Å². The summed E-state index contributed by atoms with van der Waals surface area (Å²) < 4.78 is 6.08. The molecule has 0 saturated carbocycles. The predicted octanol–water partition coefficient (Wildman–Crippen LogP) is 4.53. The van der Waals surface area contributed by atoms with Crippen molar-refractivity contribution in [3.05, 3.63) is 95.3 Å². The minimum atomic E-state index is 0.218. The van der Waals surface area contributed by atoms with Gasteiger partial charge in [0.1, 0.15) is 12.4 Å². The molecule has 1 atom stereocenters. The van der Waals surface area contributed by atoms with Crippen molar-refractivity contribution in [2.75, 3.05) is 6.61 Å². The lowest BCUT2D eigenvalue weighted by molar-refractivity contribution is 0.134. The van der Waals surface area contributed by atoms with Gasteiger partial charge in [0, 0.05) is 18.8 Å². The highest BCUT2D eigenvalue weighted by atomic mass is 16.5. The first kappa shape index (κ1) is 15.9. The van der Waals surface area contributed by atoms with Crippen molar-refractivity contribution in [1.82, 2.24) is 9.88 Å². The molecule has 0 spiro atoms. The van der Waals surface area contributed by atoms with Crippen LogP contribution in [0.2, 0.25) is 0 Å². The molecule has 0 fully saturated rings. The Morgan fingerprint density at radius 2 is 1.60 bits per heavy atom. The third-order valence-electron chi connectivity index (χ3n) is 4.78. The van der Waals surface area contributed by atoms with E-state index in [2.05, 4.69) is 64.5 Å². The van der Waals surface area contributed by atoms with Gasteiger partial charge >= 0.3 is 0 Å². The molecule has 3 aromatic rings. The molecular weight excluding hydrogens is 308 g/mol. The van der Waals surface area contributed by atoms with Crippen LogP contribution in [-0.2, 0) is 13.1 Å². The molecule has 25 heavy (non-hydrogen) atoms. The van der Waals surface area contributed by atoms with E-state index < -0.39 is 0 Å². The number of ether oxygens (including phenoxy) is 1. The Balaban J connectivity index is 1.54. The topological polar surface area (TPSA) is 25.4 Å². The van der Waals surface area contributed by atoms with E-state index in [4.69, 9.17) is 4.74 Å². The molecule has 2 heterocycles. The average molecular weight is 330 g/mol. The van der Waals surface area contributed by atoms with Crippen molar-refractivity contribution in [3.63, 3.8) is 0 Å². The summed E-state index contributed by atoms with van der Waals surface area (Å²) in [6, 6.07) is 23.5. The molecule has 1 aromatic heterocycles. The molecule has 1 aliphatic rings. The average Bonchev–Trinajstić information content (AvgIpc) is 3.08. The molecular formula is C22H22N2O. The van der Waals surface area contributed by atoms with Gasteiger partial charge in [-0.3, -0.25) is 9.88 Å². The van der Waals surface area contributed by atoms with E-state index in [-0.39, 0.29) is 6.04 Å². The van der Waals surface area contributed by atoms with Gasteiger partial charge in [-0.25, -0.2) is 0 Å². The fourth-order valence-electron chi connectivity index (χ4n) is 3.38. The lowest BCUT2D eigenvalue weighted by atomic mass is 10.1. The molecule has 0 aliphatic carbocycles. The van der Waals surface area contributed by atoms with Crippen LogP contribution in [0.1, 0.15) is 28.4 Å². The van der Waals surface area contributed by atoms with E-state index in [9.17, 15) is 0 Å². The van der Waals surface area contributed by atoms with Gasteiger partial charge in [0.25, 0.3) is 0 Å². The van der Waals surface area contributed by atoms with E-state index >= 15 is 0 Å². The quantitative estimate of drug-likeness (QED) is 0.687. The predicted molar refractivity (Wildman–Crippen MR) is 99.3 cm³/mol. The van der Waals surface area contributed by atoms with Crippen molar-refractivity contribution in [3.8, 4) is 5.75 Å². The summed E-state index contributed by atoms with van der Waals surface area (Å²) in [5, 5.41) is 0. The first-order valence-corrected chi connectivity index (χ1v) is 8.71. The molecule has 126 valence electrons. The maximum Gasteiger partial charge on any atom is 0.137 e. The first-order chi connectivity index (χ1) is 12.3. The summed E-state index contributed by atoms with van der Waals surface area (Å²) in [6.45, 7) is 4.53. The number of rotatable bonds is 5. The van der Waals surface area contributed by atoms with E-state index in [0.717, 1.165) is 24.5 Å². The highest BCUT2D eigenvalue weighted by Crippen LogP contribution is 2.31. The summed E-state index contributed by atoms with van der Waals surface area (Å²) in [5.74, 6) is 0.822. The second-order valence-electron chi connectivity index (χ2n) is 6.55. The van der Waals surface area contributed by atoms with Crippen LogP contribution < -0.4 is 4.74 Å². The number of benzene rings is 2. The Bertz CT molecular complexity index is 805. The lowest BCUT2D eigenvalue weighted by Crippen LogP contribution is -2.28. The number of pyridine rings is 1. The Morgan fingerprint density at radius 1 is 0.920 bits per heavy atom. The van der Waals surface area contributed by atoms with Crippen molar-refractivity contribution in [1.29, 1.82) is 0 Å². The fraction of sp³-hybridized carbons (Fsp3) is 0.227. The number of aromatic nitrogens is 1. The van der Waals surface area contributed by atoms with Crippen LogP contribution in [0.4, 0.5) is 0 Å². The number of fused-ring (bicyclic) bond motifs is 1. The Labute approximate surface area is 148 Å². The van der Waals surface area contributed by atoms with Crippen LogP contribution in [0, 0.1) is 6.92 Å². The van der Waals surface area contributed by atoms with E-state index in [1.54, 1.807) is 6.20 Å². The van der Waals surface area contributed by atoms with Gasteiger partial charge in [-0.15, -0.1) is 0 Å². The van der Waals surface area contributed by atoms with E-state index in [1.807, 2.05) is 19.1 Å². The molecule has 0 N–H and O–H groups in total. The molecule has 1 aliphatic heterocycles. The van der Waals surface area contributed by atoms with Crippen LogP contribution in [-0.4, -0.2) is 16.5 Å². The van der Waals surface area contributed by atoms with E-state index in [0.29, 0.717) is 6.61 Å². The second kappa shape index (κ2) is 7.08. The smallest absolute Gasteiger partial charge is 0.137 e. The van der Waals surface area contributed by atoms with Crippen LogP contribution in [0.3, 0.4) is 0 Å². The molecule has 0 radical (unpaired) electrons. The zero-order chi connectivity index (χ0) is 17.1. The Hall–Kier alpha value is -2.65. The minimum absolute atomic E-state index is 0.218. The van der Waals surface area contributed by atoms with Gasteiger partial charge in [0.2, 0.25) is 0 Å². The second-order valence-corrected chi connectivity index (χ2v) is 6.55. The van der Waals surface area contributed by atoms with Gasteiger partial charge < -0.3 is 4.74 Å². The number of hydrogen-bond acceptors (Lipinski definition) is 3. The third-order valence-corrected chi connectivity index (χ3v) is 4.78. The van der Waals surface area contributed by atoms with Crippen molar-refractivity contribution in [2.45, 2.75) is 26.1 Å². The Morgan fingerprint density at radius 3 is 2.24 bits per heavy atom. The van der Waals surface area contributed by atoms with Gasteiger partial charge in [-0.2, -0.15) is 0 Å². The molecule has 0 amide bonds. The first-order valence-electron chi connectivity index (χ1n) is 8.71. The van der Waals surface area contributed by atoms with Crippen molar-refractivity contribution < 1.29 is 4.74 Å². The standard InChI is InChI=1S/C22H22N2O/c1-17-11-12-21(13-23-17)25-16-22(18-7-3-2-4-8-18)24-14-19-9-5-6-10-20(19)15-24/h2-13,22H,14-16H2,1H3/t22-/m0/s1. The minimum Gasteiger partial charge on any atom is -0.490 e. The molecule has 0 saturated heterocycles. The molecule has 2 aromatic carbocycles. The highest BCUT2D eigenvalue weighted by Gasteiger charge is 2.27. The Kier molecular flexibility index (Phi) is 4.49. The molecule has 3 nitrogen and oxygen atoms in total. The number of hydrogen-bond donors (Lipinski definition) is 0. The van der Waals surface area contributed by atoms with Gasteiger partial charge in [0.15, 0.2) is 0 Å². The van der Waals surface area contributed by atoms with Crippen LogP contribution in [0.15, 0.2) is 72.9 Å². The summed E-state index contributed by atoms with van der Waals surface area (Å²) in [7, 11) is 0. The third kappa shape index (κ3) is 3.57.